The Labute approximate surface area is 143 Å². The minimum absolute atomic E-state index is 0.0801. The summed E-state index contributed by atoms with van der Waals surface area (Å²) in [5.41, 5.74) is 2.58. The van der Waals surface area contributed by atoms with Crippen LogP contribution in [0.1, 0.15) is 23.7 Å². The van der Waals surface area contributed by atoms with Crippen molar-refractivity contribution in [2.45, 2.75) is 25.5 Å². The van der Waals surface area contributed by atoms with Crippen LogP contribution in [0.4, 0.5) is 14.6 Å². The highest BCUT2D eigenvalue weighted by atomic mass is 19.2. The van der Waals surface area contributed by atoms with Gasteiger partial charge in [-0.3, -0.25) is 0 Å². The molecule has 0 aliphatic carbocycles. The molecule has 2 heterocycles. The van der Waals surface area contributed by atoms with Crippen molar-refractivity contribution in [3.8, 4) is 0 Å². The first-order valence-corrected chi connectivity index (χ1v) is 8.17. The van der Waals surface area contributed by atoms with Crippen LogP contribution in [-0.4, -0.2) is 22.6 Å². The van der Waals surface area contributed by atoms with E-state index in [1.807, 2.05) is 25.1 Å². The normalized spacial score (nSPS) is 20.1. The predicted octanol–water partition coefficient (Wildman–Crippen LogP) is 4.16. The molecule has 0 radical (unpaired) electrons. The minimum Gasteiger partial charge on any atom is -0.371 e. The van der Waals surface area contributed by atoms with Crippen LogP contribution in [0, 0.1) is 18.6 Å². The summed E-state index contributed by atoms with van der Waals surface area (Å²) >= 11 is 0. The van der Waals surface area contributed by atoms with E-state index in [1.165, 1.54) is 12.4 Å². The molecule has 6 heteroatoms. The van der Waals surface area contributed by atoms with E-state index >= 15 is 0 Å². The Morgan fingerprint density at radius 1 is 1.12 bits per heavy atom. The molecular weight excluding hydrogens is 324 g/mol. The number of fused-ring (bicyclic) bond motifs is 1. The van der Waals surface area contributed by atoms with Crippen molar-refractivity contribution < 1.29 is 13.5 Å². The van der Waals surface area contributed by atoms with E-state index in [0.29, 0.717) is 12.2 Å². The van der Waals surface area contributed by atoms with Crippen LogP contribution in [0.3, 0.4) is 0 Å². The lowest BCUT2D eigenvalue weighted by Gasteiger charge is -2.21. The number of aryl methyl sites for hydroxylation is 1. The molecule has 1 aromatic heterocycles. The maximum Gasteiger partial charge on any atom is 0.159 e. The van der Waals surface area contributed by atoms with Crippen molar-refractivity contribution >= 4 is 16.7 Å². The van der Waals surface area contributed by atoms with E-state index in [2.05, 4.69) is 15.3 Å². The second kappa shape index (κ2) is 6.37. The Kier molecular flexibility index (Phi) is 4.05. The molecule has 3 aromatic rings. The number of nitrogens with one attached hydrogen (secondary N) is 1. The number of rotatable bonds is 3. The number of aromatic nitrogens is 2. The van der Waals surface area contributed by atoms with Crippen LogP contribution in [-0.2, 0) is 4.74 Å². The Hall–Kier alpha value is -2.60. The molecule has 0 amide bonds. The number of hydrogen-bond donors (Lipinski definition) is 1. The molecule has 1 saturated heterocycles. The second-order valence-electron chi connectivity index (χ2n) is 6.20. The van der Waals surface area contributed by atoms with Gasteiger partial charge in [0.2, 0.25) is 0 Å². The predicted molar refractivity (Wildman–Crippen MR) is 91.4 cm³/mol. The van der Waals surface area contributed by atoms with Crippen LogP contribution in [0.15, 0.2) is 42.7 Å². The third-order valence-electron chi connectivity index (χ3n) is 4.55. The van der Waals surface area contributed by atoms with Crippen molar-refractivity contribution in [3.05, 3.63) is 65.5 Å². The molecule has 1 fully saturated rings. The summed E-state index contributed by atoms with van der Waals surface area (Å²) in [6.07, 6.45) is 1.92. The Morgan fingerprint density at radius 3 is 2.84 bits per heavy atom. The molecular formula is C19H17F2N3O. The summed E-state index contributed by atoms with van der Waals surface area (Å²) in [7, 11) is 0. The fraction of sp³-hybridized carbons (Fsp3) is 0.263. The zero-order chi connectivity index (χ0) is 17.4. The fourth-order valence-electron chi connectivity index (χ4n) is 3.28. The molecule has 2 aromatic carbocycles. The molecule has 2 unspecified atom stereocenters. The van der Waals surface area contributed by atoms with Crippen LogP contribution >= 0.6 is 0 Å². The molecule has 2 atom stereocenters. The average molecular weight is 341 g/mol. The maximum atomic E-state index is 13.6. The van der Waals surface area contributed by atoms with Crippen LogP contribution in [0.5, 0.6) is 0 Å². The minimum atomic E-state index is -0.866. The zero-order valence-electron chi connectivity index (χ0n) is 13.7. The maximum absolute atomic E-state index is 13.6. The average Bonchev–Trinajstić information content (AvgIpc) is 3.06. The van der Waals surface area contributed by atoms with Gasteiger partial charge in [0.05, 0.1) is 11.6 Å². The van der Waals surface area contributed by atoms with Gasteiger partial charge in [-0.15, -0.1) is 0 Å². The van der Waals surface area contributed by atoms with E-state index in [1.54, 1.807) is 6.07 Å². The summed E-state index contributed by atoms with van der Waals surface area (Å²) in [5.74, 6) is -1.00. The molecule has 4 rings (SSSR count). The first-order valence-electron chi connectivity index (χ1n) is 8.17. The van der Waals surface area contributed by atoms with Crippen molar-refractivity contribution in [1.82, 2.24) is 9.97 Å². The van der Waals surface area contributed by atoms with Crippen molar-refractivity contribution in [3.63, 3.8) is 0 Å². The number of hydrogen-bond acceptors (Lipinski definition) is 4. The summed E-state index contributed by atoms with van der Waals surface area (Å²) < 4.78 is 32.5. The number of halogens is 2. The lowest BCUT2D eigenvalue weighted by atomic mass is 10.0. The Bertz CT molecular complexity index is 932. The van der Waals surface area contributed by atoms with Gasteiger partial charge >= 0.3 is 0 Å². The highest BCUT2D eigenvalue weighted by Gasteiger charge is 2.31. The highest BCUT2D eigenvalue weighted by Crippen LogP contribution is 2.33. The van der Waals surface area contributed by atoms with Crippen LogP contribution < -0.4 is 5.32 Å². The van der Waals surface area contributed by atoms with Gasteiger partial charge in [0, 0.05) is 12.0 Å². The van der Waals surface area contributed by atoms with Crippen LogP contribution in [0.2, 0.25) is 0 Å². The van der Waals surface area contributed by atoms with Gasteiger partial charge in [-0.1, -0.05) is 18.2 Å². The smallest absolute Gasteiger partial charge is 0.159 e. The number of ether oxygens (including phenoxy) is 1. The van der Waals surface area contributed by atoms with Crippen molar-refractivity contribution in [2.75, 3.05) is 11.9 Å². The van der Waals surface area contributed by atoms with Gasteiger partial charge in [0.25, 0.3) is 0 Å². The molecule has 4 nitrogen and oxygen atoms in total. The number of para-hydroxylation sites is 1. The van der Waals surface area contributed by atoms with E-state index in [-0.39, 0.29) is 12.1 Å². The van der Waals surface area contributed by atoms with E-state index in [0.717, 1.165) is 34.8 Å². The molecule has 0 saturated carbocycles. The third-order valence-corrected chi connectivity index (χ3v) is 4.55. The first-order chi connectivity index (χ1) is 12.1. The Balaban J connectivity index is 1.66. The van der Waals surface area contributed by atoms with Crippen molar-refractivity contribution in [1.29, 1.82) is 0 Å². The Morgan fingerprint density at radius 2 is 2.00 bits per heavy atom. The standard InChI is InChI=1S/C19H17F2N3O/c1-11-3-2-4-13-17(11)22-10-23-19(13)24-16-7-8-25-18(16)12-5-6-14(20)15(21)9-12/h2-6,9-10,16,18H,7-8H2,1H3,(H,22,23,24). The zero-order valence-corrected chi connectivity index (χ0v) is 13.7. The topological polar surface area (TPSA) is 47.0 Å². The quantitative estimate of drug-likeness (QED) is 0.777. The summed E-state index contributed by atoms with van der Waals surface area (Å²) in [6, 6.07) is 9.74. The first kappa shape index (κ1) is 15.9. The molecule has 25 heavy (non-hydrogen) atoms. The molecule has 0 bridgehead atoms. The number of anilines is 1. The highest BCUT2D eigenvalue weighted by molar-refractivity contribution is 5.90. The summed E-state index contributed by atoms with van der Waals surface area (Å²) in [5, 5.41) is 4.33. The van der Waals surface area contributed by atoms with E-state index in [4.69, 9.17) is 4.74 Å². The second-order valence-corrected chi connectivity index (χ2v) is 6.20. The molecule has 1 N–H and O–H groups in total. The van der Waals surface area contributed by atoms with Gasteiger partial charge in [0.1, 0.15) is 18.2 Å². The van der Waals surface area contributed by atoms with Gasteiger partial charge in [-0.25, -0.2) is 18.7 Å². The molecule has 1 aliphatic heterocycles. The lowest BCUT2D eigenvalue weighted by molar-refractivity contribution is 0.107. The SMILES string of the molecule is Cc1cccc2c(NC3CCOC3c3ccc(F)c(F)c3)ncnc12. The van der Waals surface area contributed by atoms with E-state index < -0.39 is 11.6 Å². The van der Waals surface area contributed by atoms with Gasteiger partial charge < -0.3 is 10.1 Å². The summed E-state index contributed by atoms with van der Waals surface area (Å²) in [4.78, 5) is 8.70. The lowest BCUT2D eigenvalue weighted by Crippen LogP contribution is -2.24. The molecule has 0 spiro atoms. The van der Waals surface area contributed by atoms with Gasteiger partial charge in [0.15, 0.2) is 11.6 Å². The van der Waals surface area contributed by atoms with Crippen molar-refractivity contribution in [2.24, 2.45) is 0 Å². The number of benzene rings is 2. The van der Waals surface area contributed by atoms with Gasteiger partial charge in [-0.2, -0.15) is 0 Å². The fourth-order valence-corrected chi connectivity index (χ4v) is 3.28. The summed E-state index contributed by atoms with van der Waals surface area (Å²) in [6.45, 7) is 2.55. The third kappa shape index (κ3) is 2.93. The van der Waals surface area contributed by atoms with Gasteiger partial charge in [-0.05, 0) is 42.7 Å². The van der Waals surface area contributed by atoms with E-state index in [9.17, 15) is 8.78 Å². The molecule has 1 aliphatic rings. The number of nitrogens with zero attached hydrogens (tertiary/aromatic N) is 2. The molecule has 128 valence electrons. The largest absolute Gasteiger partial charge is 0.371 e. The van der Waals surface area contributed by atoms with Crippen LogP contribution in [0.25, 0.3) is 10.9 Å². The monoisotopic (exact) mass is 341 g/mol.